The van der Waals surface area contributed by atoms with Crippen molar-refractivity contribution in [3.8, 4) is 0 Å². The van der Waals surface area contributed by atoms with Gasteiger partial charge in [-0.05, 0) is 6.92 Å². The molecule has 0 heterocycles. The summed E-state index contributed by atoms with van der Waals surface area (Å²) in [6, 6.07) is 5.13. The van der Waals surface area contributed by atoms with Crippen LogP contribution in [0.5, 0.6) is 0 Å². The Bertz CT molecular complexity index is 558. The summed E-state index contributed by atoms with van der Waals surface area (Å²) in [5.74, 6) is -0.467. The van der Waals surface area contributed by atoms with Crippen LogP contribution in [0.15, 0.2) is 24.3 Å². The van der Waals surface area contributed by atoms with Gasteiger partial charge in [-0.25, -0.2) is 8.42 Å². The lowest BCUT2D eigenvalue weighted by Crippen LogP contribution is -2.38. The van der Waals surface area contributed by atoms with E-state index < -0.39 is 26.7 Å². The Hall–Kier alpha value is -1.51. The van der Waals surface area contributed by atoms with Gasteiger partial charge in [0, 0.05) is 24.7 Å². The van der Waals surface area contributed by atoms with E-state index in [0.717, 1.165) is 4.31 Å². The zero-order valence-corrected chi connectivity index (χ0v) is 11.5. The van der Waals surface area contributed by atoms with E-state index in [1.165, 1.54) is 25.2 Å². The van der Waals surface area contributed by atoms with Crippen LogP contribution in [0, 0.1) is 10.1 Å². The van der Waals surface area contributed by atoms with Crippen LogP contribution in [0.2, 0.25) is 0 Å². The third-order valence-corrected chi connectivity index (χ3v) is 4.76. The zero-order valence-electron chi connectivity index (χ0n) is 10.7. The Kier molecular flexibility index (Phi) is 4.98. The SMILES string of the molecule is CC(CO)N(C)S(=O)(=O)Cc1ccccc1[N+](=O)[O-]. The van der Waals surface area contributed by atoms with Gasteiger partial charge in [0.25, 0.3) is 5.69 Å². The van der Waals surface area contributed by atoms with Crippen molar-refractivity contribution in [3.05, 3.63) is 39.9 Å². The first kappa shape index (κ1) is 15.5. The molecule has 0 fully saturated rings. The van der Waals surface area contributed by atoms with Crippen molar-refractivity contribution in [2.45, 2.75) is 18.7 Å². The number of nitro groups is 1. The number of sulfonamides is 1. The number of nitrogens with zero attached hydrogens (tertiary/aromatic N) is 2. The van der Waals surface area contributed by atoms with E-state index in [4.69, 9.17) is 5.11 Å². The lowest BCUT2D eigenvalue weighted by Gasteiger charge is -2.22. The number of aliphatic hydroxyl groups is 1. The van der Waals surface area contributed by atoms with Crippen molar-refractivity contribution < 1.29 is 18.4 Å². The minimum atomic E-state index is -3.71. The van der Waals surface area contributed by atoms with Gasteiger partial charge in [0.2, 0.25) is 10.0 Å². The number of nitro benzene ring substituents is 1. The molecular formula is C11H16N2O5S. The molecule has 19 heavy (non-hydrogen) atoms. The molecule has 1 unspecified atom stereocenters. The van der Waals surface area contributed by atoms with Gasteiger partial charge in [0.15, 0.2) is 0 Å². The molecule has 0 radical (unpaired) electrons. The second kappa shape index (κ2) is 6.09. The molecule has 106 valence electrons. The van der Waals surface area contributed by atoms with Crippen LogP contribution in [0.25, 0.3) is 0 Å². The number of hydrogen-bond acceptors (Lipinski definition) is 5. The Morgan fingerprint density at radius 2 is 2.00 bits per heavy atom. The average Bonchev–Trinajstić information content (AvgIpc) is 2.36. The Balaban J connectivity index is 3.06. The van der Waals surface area contributed by atoms with Crippen LogP contribution < -0.4 is 0 Å². The standard InChI is InChI=1S/C11H16N2O5S/c1-9(7-14)12(2)19(17,18)8-10-5-3-4-6-11(10)13(15)16/h3-6,9,14H,7-8H2,1-2H3. The highest BCUT2D eigenvalue weighted by Gasteiger charge is 2.26. The molecule has 0 saturated heterocycles. The molecule has 1 atom stereocenters. The number of likely N-dealkylation sites (N-methyl/N-ethyl adjacent to an activating group) is 1. The monoisotopic (exact) mass is 288 g/mol. The second-order valence-electron chi connectivity index (χ2n) is 4.19. The normalized spacial score (nSPS) is 13.5. The van der Waals surface area contributed by atoms with Crippen LogP contribution in [0.3, 0.4) is 0 Å². The van der Waals surface area contributed by atoms with Gasteiger partial charge < -0.3 is 5.11 Å². The van der Waals surface area contributed by atoms with Gasteiger partial charge in [-0.2, -0.15) is 4.31 Å². The van der Waals surface area contributed by atoms with E-state index >= 15 is 0 Å². The number of rotatable bonds is 6. The number of aliphatic hydroxyl groups excluding tert-OH is 1. The van der Waals surface area contributed by atoms with E-state index in [1.54, 1.807) is 13.0 Å². The first-order valence-corrected chi connectivity index (χ1v) is 7.19. The van der Waals surface area contributed by atoms with Crippen molar-refractivity contribution in [1.82, 2.24) is 4.31 Å². The Morgan fingerprint density at radius 1 is 1.42 bits per heavy atom. The summed E-state index contributed by atoms with van der Waals surface area (Å²) in [4.78, 5) is 10.2. The highest BCUT2D eigenvalue weighted by atomic mass is 32.2. The quantitative estimate of drug-likeness (QED) is 0.614. The first-order chi connectivity index (χ1) is 8.79. The highest BCUT2D eigenvalue weighted by Crippen LogP contribution is 2.21. The van der Waals surface area contributed by atoms with E-state index in [9.17, 15) is 18.5 Å². The van der Waals surface area contributed by atoms with E-state index in [2.05, 4.69) is 0 Å². The molecule has 1 aromatic carbocycles. The average molecular weight is 288 g/mol. The molecule has 1 N–H and O–H groups in total. The molecule has 0 aromatic heterocycles. The van der Waals surface area contributed by atoms with Gasteiger partial charge in [-0.1, -0.05) is 18.2 Å². The van der Waals surface area contributed by atoms with Crippen molar-refractivity contribution in [2.75, 3.05) is 13.7 Å². The smallest absolute Gasteiger partial charge is 0.273 e. The van der Waals surface area contributed by atoms with Gasteiger partial charge in [-0.3, -0.25) is 10.1 Å². The highest BCUT2D eigenvalue weighted by molar-refractivity contribution is 7.88. The topological polar surface area (TPSA) is 101 Å². The maximum absolute atomic E-state index is 12.1. The molecule has 0 spiro atoms. The summed E-state index contributed by atoms with van der Waals surface area (Å²) in [5.41, 5.74) is -0.0967. The Morgan fingerprint density at radius 3 is 2.53 bits per heavy atom. The molecule has 8 heteroatoms. The number of benzene rings is 1. The molecule has 0 amide bonds. The maximum Gasteiger partial charge on any atom is 0.273 e. The van der Waals surface area contributed by atoms with Gasteiger partial charge in [0.05, 0.1) is 17.3 Å². The summed E-state index contributed by atoms with van der Waals surface area (Å²) < 4.78 is 25.2. The predicted molar refractivity (Wildman–Crippen MR) is 70.0 cm³/mol. The largest absolute Gasteiger partial charge is 0.395 e. The fraction of sp³-hybridized carbons (Fsp3) is 0.455. The van der Waals surface area contributed by atoms with E-state index in [0.29, 0.717) is 0 Å². The third-order valence-electron chi connectivity index (χ3n) is 2.85. The maximum atomic E-state index is 12.1. The van der Waals surface area contributed by atoms with Gasteiger partial charge in [-0.15, -0.1) is 0 Å². The lowest BCUT2D eigenvalue weighted by molar-refractivity contribution is -0.385. The minimum absolute atomic E-state index is 0.129. The Labute approximate surface area is 111 Å². The molecule has 7 nitrogen and oxygen atoms in total. The summed E-state index contributed by atoms with van der Waals surface area (Å²) in [5, 5.41) is 19.8. The third kappa shape index (κ3) is 3.72. The van der Waals surface area contributed by atoms with Gasteiger partial charge in [0.1, 0.15) is 0 Å². The van der Waals surface area contributed by atoms with E-state index in [1.807, 2.05) is 0 Å². The van der Waals surface area contributed by atoms with Crippen LogP contribution >= 0.6 is 0 Å². The molecule has 0 aliphatic carbocycles. The molecule has 0 bridgehead atoms. The van der Waals surface area contributed by atoms with Crippen molar-refractivity contribution in [3.63, 3.8) is 0 Å². The summed E-state index contributed by atoms with van der Waals surface area (Å²) >= 11 is 0. The van der Waals surface area contributed by atoms with Crippen LogP contribution in [0.1, 0.15) is 12.5 Å². The summed E-state index contributed by atoms with van der Waals surface area (Å²) in [7, 11) is -2.37. The van der Waals surface area contributed by atoms with Crippen molar-refractivity contribution >= 4 is 15.7 Å². The lowest BCUT2D eigenvalue weighted by atomic mass is 10.2. The minimum Gasteiger partial charge on any atom is -0.395 e. The summed E-state index contributed by atoms with van der Waals surface area (Å²) in [6.07, 6.45) is 0. The predicted octanol–water partition coefficient (Wildman–Crippen LogP) is 0.737. The fourth-order valence-electron chi connectivity index (χ4n) is 1.50. The van der Waals surface area contributed by atoms with Gasteiger partial charge >= 0.3 is 0 Å². The molecular weight excluding hydrogens is 272 g/mol. The van der Waals surface area contributed by atoms with Crippen LogP contribution in [-0.4, -0.2) is 42.4 Å². The van der Waals surface area contributed by atoms with Crippen LogP contribution in [-0.2, 0) is 15.8 Å². The molecule has 1 aromatic rings. The fourth-order valence-corrected chi connectivity index (χ4v) is 2.95. The zero-order chi connectivity index (χ0) is 14.6. The summed E-state index contributed by atoms with van der Waals surface area (Å²) in [6.45, 7) is 1.24. The van der Waals surface area contributed by atoms with Crippen molar-refractivity contribution in [2.24, 2.45) is 0 Å². The molecule has 0 saturated carbocycles. The molecule has 0 aliphatic rings. The van der Waals surface area contributed by atoms with E-state index in [-0.39, 0.29) is 17.9 Å². The van der Waals surface area contributed by atoms with Crippen LogP contribution in [0.4, 0.5) is 5.69 Å². The second-order valence-corrected chi connectivity index (χ2v) is 6.22. The number of para-hydroxylation sites is 1. The van der Waals surface area contributed by atoms with Crippen molar-refractivity contribution in [1.29, 1.82) is 0 Å². The molecule has 0 aliphatic heterocycles. The molecule has 1 rings (SSSR count). The number of hydrogen-bond donors (Lipinski definition) is 1. The first-order valence-electron chi connectivity index (χ1n) is 5.58.